The number of imidazole rings is 1. The van der Waals surface area contributed by atoms with E-state index in [1.54, 1.807) is 10.6 Å². The molecule has 2 amide bonds. The molecule has 1 aromatic carbocycles. The summed E-state index contributed by atoms with van der Waals surface area (Å²) in [6.07, 6.45) is 4.67. The molecule has 1 aliphatic heterocycles. The second-order valence-electron chi connectivity index (χ2n) is 7.73. The number of fused-ring (bicyclic) bond motifs is 1. The number of carbonyl (C=O) groups excluding carboxylic acids is 2. The average molecular weight is 390 g/mol. The minimum atomic E-state index is -0.270. The van der Waals surface area contributed by atoms with E-state index in [0.717, 1.165) is 37.9 Å². The van der Waals surface area contributed by atoms with E-state index in [0.29, 0.717) is 23.7 Å². The number of benzene rings is 1. The zero-order valence-electron chi connectivity index (χ0n) is 16.7. The van der Waals surface area contributed by atoms with Gasteiger partial charge in [-0.25, -0.2) is 4.98 Å². The van der Waals surface area contributed by atoms with Crippen molar-refractivity contribution in [3.8, 4) is 0 Å². The number of nitrogens with zero attached hydrogens (tertiary/aromatic N) is 3. The van der Waals surface area contributed by atoms with Crippen LogP contribution in [0, 0.1) is 5.92 Å². The molecule has 1 atom stereocenters. The first-order valence-corrected chi connectivity index (χ1v) is 10.2. The van der Waals surface area contributed by atoms with E-state index >= 15 is 0 Å². The number of nitrogens with one attached hydrogen (secondary N) is 1. The number of likely N-dealkylation sites (tertiary alicyclic amines) is 1. The van der Waals surface area contributed by atoms with E-state index in [1.807, 2.05) is 53.4 Å². The molecule has 0 saturated carbocycles. The van der Waals surface area contributed by atoms with Crippen LogP contribution in [0.5, 0.6) is 0 Å². The van der Waals surface area contributed by atoms with Crippen molar-refractivity contribution >= 4 is 17.3 Å². The Labute approximate surface area is 170 Å². The molecular formula is C23H26N4O2. The minimum Gasteiger partial charge on any atom is -0.349 e. The van der Waals surface area contributed by atoms with Crippen LogP contribution in [0.1, 0.15) is 46.4 Å². The first kappa shape index (κ1) is 19.2. The summed E-state index contributed by atoms with van der Waals surface area (Å²) in [5, 5.41) is 2.93. The van der Waals surface area contributed by atoms with Gasteiger partial charge in [0.1, 0.15) is 0 Å². The third-order valence-electron chi connectivity index (χ3n) is 5.44. The molecule has 1 N–H and O–H groups in total. The lowest BCUT2D eigenvalue weighted by atomic mass is 10.00. The zero-order chi connectivity index (χ0) is 20.2. The lowest BCUT2D eigenvalue weighted by Crippen LogP contribution is -2.39. The van der Waals surface area contributed by atoms with E-state index < -0.39 is 0 Å². The number of pyridine rings is 1. The molecule has 1 unspecified atom stereocenters. The molecule has 0 radical (unpaired) electrons. The summed E-state index contributed by atoms with van der Waals surface area (Å²) < 4.78 is 1.71. The summed E-state index contributed by atoms with van der Waals surface area (Å²) in [7, 11) is 0. The van der Waals surface area contributed by atoms with Crippen LogP contribution in [0.15, 0.2) is 54.7 Å². The molecule has 6 nitrogen and oxygen atoms in total. The van der Waals surface area contributed by atoms with E-state index in [1.165, 1.54) is 0 Å². The van der Waals surface area contributed by atoms with Crippen LogP contribution in [-0.2, 0) is 6.42 Å². The van der Waals surface area contributed by atoms with Gasteiger partial charge in [0.25, 0.3) is 11.8 Å². The van der Waals surface area contributed by atoms with Gasteiger partial charge in [0.05, 0.1) is 5.52 Å². The largest absolute Gasteiger partial charge is 0.349 e. The molecule has 3 heterocycles. The van der Waals surface area contributed by atoms with Crippen molar-refractivity contribution in [3.63, 3.8) is 0 Å². The molecule has 3 aromatic rings. The fourth-order valence-corrected chi connectivity index (χ4v) is 3.92. The van der Waals surface area contributed by atoms with Crippen molar-refractivity contribution in [2.75, 3.05) is 19.6 Å². The summed E-state index contributed by atoms with van der Waals surface area (Å²) in [5.41, 5.74) is 2.19. The van der Waals surface area contributed by atoms with Gasteiger partial charge in [-0.3, -0.25) is 14.0 Å². The molecule has 29 heavy (non-hydrogen) atoms. The van der Waals surface area contributed by atoms with E-state index in [2.05, 4.69) is 17.2 Å². The zero-order valence-corrected chi connectivity index (χ0v) is 16.7. The van der Waals surface area contributed by atoms with Crippen molar-refractivity contribution in [3.05, 3.63) is 71.8 Å². The Bertz CT molecular complexity index is 1010. The first-order chi connectivity index (χ1) is 14.1. The Morgan fingerprint density at radius 2 is 1.93 bits per heavy atom. The van der Waals surface area contributed by atoms with E-state index in [4.69, 9.17) is 0 Å². The van der Waals surface area contributed by atoms with Gasteiger partial charge in [-0.1, -0.05) is 43.3 Å². The van der Waals surface area contributed by atoms with Gasteiger partial charge < -0.3 is 10.2 Å². The van der Waals surface area contributed by atoms with Gasteiger partial charge in [0.2, 0.25) is 5.82 Å². The number of carbonyl (C=O) groups is 2. The number of rotatable bonds is 5. The van der Waals surface area contributed by atoms with E-state index in [-0.39, 0.29) is 17.6 Å². The number of hydrogen-bond donors (Lipinski definition) is 1. The monoisotopic (exact) mass is 390 g/mol. The normalized spacial score (nSPS) is 16.7. The average Bonchev–Trinajstić information content (AvgIpc) is 3.14. The Morgan fingerprint density at radius 1 is 1.14 bits per heavy atom. The van der Waals surface area contributed by atoms with Gasteiger partial charge >= 0.3 is 0 Å². The molecule has 1 aliphatic rings. The predicted octanol–water partition coefficient (Wildman–Crippen LogP) is 3.18. The van der Waals surface area contributed by atoms with E-state index in [9.17, 15) is 9.59 Å². The van der Waals surface area contributed by atoms with Crippen molar-refractivity contribution in [1.82, 2.24) is 19.6 Å². The molecular weight excluding hydrogens is 364 g/mol. The quantitative estimate of drug-likeness (QED) is 0.728. The Kier molecular flexibility index (Phi) is 5.60. The first-order valence-electron chi connectivity index (χ1n) is 10.2. The molecule has 2 aromatic heterocycles. The van der Waals surface area contributed by atoms with Crippen molar-refractivity contribution in [1.29, 1.82) is 0 Å². The smallest absolute Gasteiger partial charge is 0.287 e. The maximum atomic E-state index is 13.1. The molecule has 4 rings (SSSR count). The highest BCUT2D eigenvalue weighted by Crippen LogP contribution is 2.20. The van der Waals surface area contributed by atoms with Crippen molar-refractivity contribution in [2.24, 2.45) is 5.92 Å². The van der Waals surface area contributed by atoms with Crippen LogP contribution >= 0.6 is 0 Å². The molecule has 0 spiro atoms. The fraction of sp³-hybridized carbons (Fsp3) is 0.348. The lowest BCUT2D eigenvalue weighted by Gasteiger charge is -2.30. The van der Waals surface area contributed by atoms with Crippen LogP contribution in [-0.4, -0.2) is 45.7 Å². The Balaban J connectivity index is 1.53. The summed E-state index contributed by atoms with van der Waals surface area (Å²) in [4.78, 5) is 32.2. The summed E-state index contributed by atoms with van der Waals surface area (Å²) >= 11 is 0. The number of aromatic nitrogens is 2. The number of piperidine rings is 1. The standard InChI is InChI=1S/C23H26N4O2/c1-17-8-7-14-26(16-17)23(29)20-19-11-5-6-15-27(19)21(25-20)22(28)24-13-12-18-9-3-2-4-10-18/h2-6,9-11,15,17H,7-8,12-14,16H2,1H3,(H,24,28). The maximum Gasteiger partial charge on any atom is 0.287 e. The van der Waals surface area contributed by atoms with Gasteiger partial charge in [-0.2, -0.15) is 0 Å². The summed E-state index contributed by atoms with van der Waals surface area (Å²) in [5.74, 6) is 0.376. The van der Waals surface area contributed by atoms with Crippen molar-refractivity contribution in [2.45, 2.75) is 26.2 Å². The highest BCUT2D eigenvalue weighted by molar-refractivity contribution is 6.02. The molecule has 150 valence electrons. The topological polar surface area (TPSA) is 66.7 Å². The van der Waals surface area contributed by atoms with Gasteiger partial charge in [-0.15, -0.1) is 0 Å². The Hall–Kier alpha value is -3.15. The second-order valence-corrected chi connectivity index (χ2v) is 7.73. The third-order valence-corrected chi connectivity index (χ3v) is 5.44. The molecule has 1 saturated heterocycles. The van der Waals surface area contributed by atoms with Crippen LogP contribution in [0.2, 0.25) is 0 Å². The van der Waals surface area contributed by atoms with Crippen LogP contribution in [0.3, 0.4) is 0 Å². The third kappa shape index (κ3) is 4.16. The predicted molar refractivity (Wildman–Crippen MR) is 112 cm³/mol. The number of hydrogen-bond acceptors (Lipinski definition) is 3. The van der Waals surface area contributed by atoms with Crippen LogP contribution in [0.25, 0.3) is 5.52 Å². The van der Waals surface area contributed by atoms with Crippen LogP contribution in [0.4, 0.5) is 0 Å². The van der Waals surface area contributed by atoms with Crippen molar-refractivity contribution < 1.29 is 9.59 Å². The molecule has 6 heteroatoms. The van der Waals surface area contributed by atoms with Gasteiger partial charge in [-0.05, 0) is 42.9 Å². The Morgan fingerprint density at radius 3 is 2.72 bits per heavy atom. The lowest BCUT2D eigenvalue weighted by molar-refractivity contribution is 0.0679. The number of amides is 2. The summed E-state index contributed by atoms with van der Waals surface area (Å²) in [6, 6.07) is 15.6. The highest BCUT2D eigenvalue weighted by atomic mass is 16.2. The highest BCUT2D eigenvalue weighted by Gasteiger charge is 2.27. The molecule has 0 aliphatic carbocycles. The van der Waals surface area contributed by atoms with Crippen LogP contribution < -0.4 is 5.32 Å². The van der Waals surface area contributed by atoms with Gasteiger partial charge in [0, 0.05) is 25.8 Å². The van der Waals surface area contributed by atoms with Gasteiger partial charge in [0.15, 0.2) is 5.69 Å². The SMILES string of the molecule is CC1CCCN(C(=O)c2nc(C(=O)NCCc3ccccc3)n3ccccc23)C1. The molecule has 0 bridgehead atoms. The second kappa shape index (κ2) is 8.47. The maximum absolute atomic E-state index is 13.1. The minimum absolute atomic E-state index is 0.0939. The molecule has 1 fully saturated rings. The fourth-order valence-electron chi connectivity index (χ4n) is 3.92. The summed E-state index contributed by atoms with van der Waals surface area (Å²) in [6.45, 7) is 4.16.